The van der Waals surface area contributed by atoms with Crippen molar-refractivity contribution in [2.75, 3.05) is 10.5 Å². The number of nitrogens with two attached hydrogens (primary N) is 1. The molecule has 0 fully saturated rings. The lowest BCUT2D eigenvalue weighted by Gasteiger charge is -2.14. The standard InChI is InChI=1S/C14H17N3O2S/c1-9-7-12(15)8-10(2)14(9)20(18,19)17-13-5-4-6-16-11(13)3/h4-8,17H,15H2,1-3H3. The first-order chi connectivity index (χ1) is 9.31. The van der Waals surface area contributed by atoms with E-state index in [0.29, 0.717) is 28.2 Å². The average molecular weight is 291 g/mol. The van der Waals surface area contributed by atoms with Crippen molar-refractivity contribution >= 4 is 21.4 Å². The van der Waals surface area contributed by atoms with E-state index in [1.807, 2.05) is 0 Å². The van der Waals surface area contributed by atoms with Crippen LogP contribution in [0.2, 0.25) is 0 Å². The second kappa shape index (κ2) is 5.13. The van der Waals surface area contributed by atoms with Crippen molar-refractivity contribution in [3.8, 4) is 0 Å². The molecule has 0 bridgehead atoms. The monoisotopic (exact) mass is 291 g/mol. The van der Waals surface area contributed by atoms with Crippen LogP contribution in [0.3, 0.4) is 0 Å². The van der Waals surface area contributed by atoms with E-state index in [1.165, 1.54) is 0 Å². The minimum Gasteiger partial charge on any atom is -0.399 e. The smallest absolute Gasteiger partial charge is 0.262 e. The predicted molar refractivity (Wildman–Crippen MR) is 80.1 cm³/mol. The maximum atomic E-state index is 12.5. The molecule has 5 nitrogen and oxygen atoms in total. The van der Waals surface area contributed by atoms with Gasteiger partial charge in [0.1, 0.15) is 0 Å². The van der Waals surface area contributed by atoms with E-state index in [9.17, 15) is 8.42 Å². The van der Waals surface area contributed by atoms with Gasteiger partial charge in [0.25, 0.3) is 10.0 Å². The number of sulfonamides is 1. The van der Waals surface area contributed by atoms with Crippen molar-refractivity contribution in [1.82, 2.24) is 4.98 Å². The number of hydrogen-bond donors (Lipinski definition) is 2. The second-order valence-electron chi connectivity index (χ2n) is 4.73. The summed E-state index contributed by atoms with van der Waals surface area (Å²) < 4.78 is 27.6. The molecule has 0 aliphatic carbocycles. The van der Waals surface area contributed by atoms with Gasteiger partial charge in [0, 0.05) is 11.9 Å². The first-order valence-corrected chi connectivity index (χ1v) is 7.61. The Balaban J connectivity index is 2.50. The van der Waals surface area contributed by atoms with Gasteiger partial charge in [-0.25, -0.2) is 8.42 Å². The van der Waals surface area contributed by atoms with E-state index in [2.05, 4.69) is 9.71 Å². The van der Waals surface area contributed by atoms with Gasteiger partial charge < -0.3 is 5.73 Å². The average Bonchev–Trinajstić information content (AvgIpc) is 2.30. The lowest BCUT2D eigenvalue weighted by Crippen LogP contribution is -2.17. The number of anilines is 2. The summed E-state index contributed by atoms with van der Waals surface area (Å²) in [6, 6.07) is 6.67. The molecule has 20 heavy (non-hydrogen) atoms. The first kappa shape index (κ1) is 14.3. The minimum atomic E-state index is -3.66. The zero-order valence-electron chi connectivity index (χ0n) is 11.6. The molecule has 0 radical (unpaired) electrons. The van der Waals surface area contributed by atoms with Crippen molar-refractivity contribution in [2.45, 2.75) is 25.7 Å². The summed E-state index contributed by atoms with van der Waals surface area (Å²) >= 11 is 0. The summed E-state index contributed by atoms with van der Waals surface area (Å²) in [5, 5.41) is 0. The second-order valence-corrected chi connectivity index (χ2v) is 6.34. The number of nitrogens with zero attached hydrogens (tertiary/aromatic N) is 1. The number of pyridine rings is 1. The molecular formula is C14H17N3O2S. The SMILES string of the molecule is Cc1cc(N)cc(C)c1S(=O)(=O)Nc1cccnc1C. The fourth-order valence-corrected chi connectivity index (χ4v) is 3.77. The van der Waals surface area contributed by atoms with Crippen LogP contribution < -0.4 is 10.5 Å². The number of rotatable bonds is 3. The van der Waals surface area contributed by atoms with Gasteiger partial charge in [-0.05, 0) is 56.2 Å². The fourth-order valence-electron chi connectivity index (χ4n) is 2.20. The van der Waals surface area contributed by atoms with Crippen LogP contribution in [0, 0.1) is 20.8 Å². The first-order valence-electron chi connectivity index (χ1n) is 6.12. The van der Waals surface area contributed by atoms with Crippen LogP contribution >= 0.6 is 0 Å². The van der Waals surface area contributed by atoms with Crippen LogP contribution in [-0.2, 0) is 10.0 Å². The van der Waals surface area contributed by atoms with Crippen LogP contribution in [0.15, 0.2) is 35.4 Å². The van der Waals surface area contributed by atoms with Gasteiger partial charge in [0.15, 0.2) is 0 Å². The van der Waals surface area contributed by atoms with Crippen LogP contribution in [0.1, 0.15) is 16.8 Å². The molecule has 3 N–H and O–H groups in total. The van der Waals surface area contributed by atoms with Crippen molar-refractivity contribution < 1.29 is 8.42 Å². The van der Waals surface area contributed by atoms with E-state index >= 15 is 0 Å². The fraction of sp³-hybridized carbons (Fsp3) is 0.214. The van der Waals surface area contributed by atoms with Crippen LogP contribution in [-0.4, -0.2) is 13.4 Å². The molecular weight excluding hydrogens is 274 g/mol. The Morgan fingerprint density at radius 3 is 2.30 bits per heavy atom. The molecule has 1 aromatic carbocycles. The molecule has 106 valence electrons. The van der Waals surface area contributed by atoms with Gasteiger partial charge in [-0.3, -0.25) is 9.71 Å². The summed E-state index contributed by atoms with van der Waals surface area (Å²) in [6.07, 6.45) is 1.62. The summed E-state index contributed by atoms with van der Waals surface area (Å²) in [6.45, 7) is 5.21. The molecule has 0 spiro atoms. The van der Waals surface area contributed by atoms with E-state index in [1.54, 1.807) is 51.2 Å². The third kappa shape index (κ3) is 2.75. The van der Waals surface area contributed by atoms with Gasteiger partial charge >= 0.3 is 0 Å². The molecule has 1 aromatic heterocycles. The number of nitrogens with one attached hydrogen (secondary N) is 1. The van der Waals surface area contributed by atoms with Gasteiger partial charge in [-0.2, -0.15) is 0 Å². The normalized spacial score (nSPS) is 11.3. The molecule has 1 heterocycles. The summed E-state index contributed by atoms with van der Waals surface area (Å²) in [5.74, 6) is 0. The lowest BCUT2D eigenvalue weighted by molar-refractivity contribution is 0.600. The Morgan fingerprint density at radius 1 is 1.15 bits per heavy atom. The maximum absolute atomic E-state index is 12.5. The number of hydrogen-bond acceptors (Lipinski definition) is 4. The molecule has 0 saturated carbocycles. The number of aromatic nitrogens is 1. The van der Waals surface area contributed by atoms with Crippen molar-refractivity contribution in [3.63, 3.8) is 0 Å². The zero-order chi connectivity index (χ0) is 14.9. The Kier molecular flexibility index (Phi) is 3.67. The molecule has 0 aliphatic heterocycles. The van der Waals surface area contributed by atoms with E-state index in [4.69, 9.17) is 5.73 Å². The molecule has 0 aliphatic rings. The van der Waals surface area contributed by atoms with Crippen molar-refractivity contribution in [1.29, 1.82) is 0 Å². The number of benzene rings is 1. The molecule has 2 rings (SSSR count). The lowest BCUT2D eigenvalue weighted by atomic mass is 10.1. The largest absolute Gasteiger partial charge is 0.399 e. The molecule has 0 unspecified atom stereocenters. The maximum Gasteiger partial charge on any atom is 0.262 e. The Hall–Kier alpha value is -2.08. The van der Waals surface area contributed by atoms with Crippen molar-refractivity contribution in [3.05, 3.63) is 47.3 Å². The van der Waals surface area contributed by atoms with Gasteiger partial charge in [0.2, 0.25) is 0 Å². The number of nitrogen functional groups attached to an aromatic ring is 1. The van der Waals surface area contributed by atoms with E-state index < -0.39 is 10.0 Å². The highest BCUT2D eigenvalue weighted by molar-refractivity contribution is 7.92. The molecule has 6 heteroatoms. The minimum absolute atomic E-state index is 0.259. The molecule has 0 amide bonds. The Morgan fingerprint density at radius 2 is 1.75 bits per heavy atom. The molecule has 0 saturated heterocycles. The quantitative estimate of drug-likeness (QED) is 0.850. The highest BCUT2D eigenvalue weighted by atomic mass is 32.2. The molecule has 2 aromatic rings. The summed E-state index contributed by atoms with van der Waals surface area (Å²) in [7, 11) is -3.66. The van der Waals surface area contributed by atoms with E-state index in [-0.39, 0.29) is 4.90 Å². The third-order valence-electron chi connectivity index (χ3n) is 3.00. The van der Waals surface area contributed by atoms with Gasteiger partial charge in [-0.15, -0.1) is 0 Å². The zero-order valence-corrected chi connectivity index (χ0v) is 12.5. The molecule has 0 atom stereocenters. The van der Waals surface area contributed by atoms with Crippen LogP contribution in [0.4, 0.5) is 11.4 Å². The van der Waals surface area contributed by atoms with Gasteiger partial charge in [0.05, 0.1) is 16.3 Å². The van der Waals surface area contributed by atoms with E-state index in [0.717, 1.165) is 0 Å². The highest BCUT2D eigenvalue weighted by Crippen LogP contribution is 2.25. The highest BCUT2D eigenvalue weighted by Gasteiger charge is 2.20. The number of aryl methyl sites for hydroxylation is 3. The van der Waals surface area contributed by atoms with Crippen molar-refractivity contribution in [2.24, 2.45) is 0 Å². The predicted octanol–water partition coefficient (Wildman–Crippen LogP) is 2.39. The van der Waals surface area contributed by atoms with Crippen LogP contribution in [0.5, 0.6) is 0 Å². The summed E-state index contributed by atoms with van der Waals surface area (Å²) in [5.41, 5.74) is 8.62. The van der Waals surface area contributed by atoms with Gasteiger partial charge in [-0.1, -0.05) is 0 Å². The Labute approximate surface area is 118 Å². The van der Waals surface area contributed by atoms with Crippen LogP contribution in [0.25, 0.3) is 0 Å². The Bertz CT molecular complexity index is 732. The summed E-state index contributed by atoms with van der Waals surface area (Å²) in [4.78, 5) is 4.33. The third-order valence-corrected chi connectivity index (χ3v) is 4.67. The topological polar surface area (TPSA) is 85.1 Å².